The number of aromatic nitrogens is 2. The third-order valence-electron chi connectivity index (χ3n) is 2.73. The van der Waals surface area contributed by atoms with Gasteiger partial charge < -0.3 is 11.1 Å². The molecule has 1 saturated carbocycles. The monoisotopic (exact) mass is 223 g/mol. The molecule has 1 fully saturated rings. The zero-order chi connectivity index (χ0) is 11.5. The summed E-state index contributed by atoms with van der Waals surface area (Å²) in [6, 6.07) is 0.257. The molecule has 0 aliphatic heterocycles. The Balaban J connectivity index is 2.25. The predicted molar refractivity (Wildman–Crippen MR) is 59.0 cm³/mol. The van der Waals surface area contributed by atoms with Crippen molar-refractivity contribution < 1.29 is 4.92 Å². The molecule has 1 heterocycles. The molecular formula is C9H13N5O2. The fraction of sp³-hybridized carbons (Fsp3) is 0.556. The summed E-state index contributed by atoms with van der Waals surface area (Å²) in [5.41, 5.74) is 5.24. The molecule has 3 N–H and O–H groups in total. The molecule has 0 aromatic carbocycles. The maximum absolute atomic E-state index is 10.8. The van der Waals surface area contributed by atoms with Crippen LogP contribution < -0.4 is 11.1 Å². The van der Waals surface area contributed by atoms with Gasteiger partial charge in [-0.15, -0.1) is 0 Å². The zero-order valence-corrected chi connectivity index (χ0v) is 8.72. The fourth-order valence-corrected chi connectivity index (χ4v) is 1.94. The number of nitrogens with two attached hydrogens (primary N) is 1. The topological polar surface area (TPSA) is 107 Å². The number of anilines is 2. The maximum Gasteiger partial charge on any atom is 0.352 e. The van der Waals surface area contributed by atoms with E-state index in [1.807, 2.05) is 0 Å². The van der Waals surface area contributed by atoms with E-state index in [2.05, 4.69) is 15.3 Å². The lowest BCUT2D eigenvalue weighted by atomic mass is 10.2. The highest BCUT2D eigenvalue weighted by molar-refractivity contribution is 5.67. The number of hydrogen-bond donors (Lipinski definition) is 2. The summed E-state index contributed by atoms with van der Waals surface area (Å²) < 4.78 is 0. The number of nitrogen functional groups attached to an aromatic ring is 1. The molecule has 0 radical (unpaired) electrons. The van der Waals surface area contributed by atoms with Crippen molar-refractivity contribution in [1.82, 2.24) is 9.97 Å². The van der Waals surface area contributed by atoms with E-state index in [1.54, 1.807) is 0 Å². The minimum atomic E-state index is -0.549. The summed E-state index contributed by atoms with van der Waals surface area (Å²) >= 11 is 0. The molecule has 0 saturated heterocycles. The van der Waals surface area contributed by atoms with E-state index in [1.165, 1.54) is 6.33 Å². The lowest BCUT2D eigenvalue weighted by Crippen LogP contribution is -2.17. The molecule has 0 bridgehead atoms. The number of nitrogens with one attached hydrogen (secondary N) is 1. The van der Waals surface area contributed by atoms with Gasteiger partial charge in [0.2, 0.25) is 11.6 Å². The lowest BCUT2D eigenvalue weighted by Gasteiger charge is -2.12. The molecule has 86 valence electrons. The van der Waals surface area contributed by atoms with Gasteiger partial charge >= 0.3 is 5.69 Å². The molecule has 0 unspecified atom stereocenters. The first-order valence-corrected chi connectivity index (χ1v) is 5.20. The smallest absolute Gasteiger partial charge is 0.352 e. The molecule has 1 aromatic rings. The van der Waals surface area contributed by atoms with Crippen molar-refractivity contribution >= 4 is 17.3 Å². The Morgan fingerprint density at radius 3 is 2.75 bits per heavy atom. The molecule has 0 atom stereocenters. The summed E-state index contributed by atoms with van der Waals surface area (Å²) in [6.45, 7) is 0. The lowest BCUT2D eigenvalue weighted by molar-refractivity contribution is -0.383. The molecule has 1 aliphatic rings. The Morgan fingerprint density at radius 2 is 2.12 bits per heavy atom. The second-order valence-electron chi connectivity index (χ2n) is 3.84. The predicted octanol–water partition coefficient (Wildman–Crippen LogP) is 1.32. The van der Waals surface area contributed by atoms with Crippen LogP contribution in [0, 0.1) is 10.1 Å². The number of nitrogens with zero attached hydrogens (tertiary/aromatic N) is 3. The van der Waals surface area contributed by atoms with Gasteiger partial charge in [-0.25, -0.2) is 9.97 Å². The van der Waals surface area contributed by atoms with E-state index < -0.39 is 4.92 Å². The van der Waals surface area contributed by atoms with Gasteiger partial charge in [0.25, 0.3) is 0 Å². The Morgan fingerprint density at radius 1 is 1.44 bits per heavy atom. The Labute approximate surface area is 92.2 Å². The van der Waals surface area contributed by atoms with E-state index in [0.717, 1.165) is 25.7 Å². The van der Waals surface area contributed by atoms with Gasteiger partial charge in [-0.05, 0) is 12.8 Å². The highest BCUT2D eigenvalue weighted by Gasteiger charge is 2.24. The molecule has 0 amide bonds. The second-order valence-corrected chi connectivity index (χ2v) is 3.84. The third-order valence-corrected chi connectivity index (χ3v) is 2.73. The van der Waals surface area contributed by atoms with Gasteiger partial charge in [0.1, 0.15) is 6.33 Å². The van der Waals surface area contributed by atoms with Gasteiger partial charge in [-0.3, -0.25) is 10.1 Å². The van der Waals surface area contributed by atoms with Crippen LogP contribution in [0.1, 0.15) is 25.7 Å². The van der Waals surface area contributed by atoms with E-state index in [0.29, 0.717) is 0 Å². The first-order valence-electron chi connectivity index (χ1n) is 5.20. The van der Waals surface area contributed by atoms with E-state index in [-0.39, 0.29) is 23.4 Å². The highest BCUT2D eigenvalue weighted by Crippen LogP contribution is 2.29. The molecule has 16 heavy (non-hydrogen) atoms. The Bertz CT molecular complexity index is 403. The Hall–Kier alpha value is -1.92. The van der Waals surface area contributed by atoms with Crippen LogP contribution >= 0.6 is 0 Å². The molecule has 0 spiro atoms. The van der Waals surface area contributed by atoms with Crippen LogP contribution in [-0.2, 0) is 0 Å². The van der Waals surface area contributed by atoms with Crippen molar-refractivity contribution in [3.05, 3.63) is 16.4 Å². The van der Waals surface area contributed by atoms with Crippen LogP contribution in [0.2, 0.25) is 0 Å². The molecule has 2 rings (SSSR count). The van der Waals surface area contributed by atoms with Crippen LogP contribution in [0.4, 0.5) is 17.3 Å². The molecule has 1 aliphatic carbocycles. The van der Waals surface area contributed by atoms with Gasteiger partial charge in [0.15, 0.2) is 0 Å². The zero-order valence-electron chi connectivity index (χ0n) is 8.72. The van der Waals surface area contributed by atoms with Crippen molar-refractivity contribution in [3.8, 4) is 0 Å². The largest absolute Gasteiger partial charge is 0.378 e. The average Bonchev–Trinajstić information content (AvgIpc) is 2.70. The Kier molecular flexibility index (Phi) is 2.84. The number of hydrogen-bond acceptors (Lipinski definition) is 6. The summed E-state index contributed by atoms with van der Waals surface area (Å²) in [5.74, 6) is 0.130. The van der Waals surface area contributed by atoms with Crippen molar-refractivity contribution in [2.24, 2.45) is 0 Å². The van der Waals surface area contributed by atoms with Crippen molar-refractivity contribution in [2.45, 2.75) is 31.7 Å². The van der Waals surface area contributed by atoms with Gasteiger partial charge in [0.05, 0.1) is 4.92 Å². The first kappa shape index (κ1) is 10.6. The van der Waals surface area contributed by atoms with Crippen molar-refractivity contribution in [1.29, 1.82) is 0 Å². The third kappa shape index (κ3) is 2.02. The first-order chi connectivity index (χ1) is 7.68. The molecular weight excluding hydrogens is 210 g/mol. The van der Waals surface area contributed by atoms with Gasteiger partial charge in [-0.1, -0.05) is 12.8 Å². The van der Waals surface area contributed by atoms with Crippen LogP contribution in [0.3, 0.4) is 0 Å². The van der Waals surface area contributed by atoms with Crippen LogP contribution in [0.5, 0.6) is 0 Å². The van der Waals surface area contributed by atoms with E-state index in [4.69, 9.17) is 5.73 Å². The van der Waals surface area contributed by atoms with Crippen LogP contribution in [0.15, 0.2) is 6.33 Å². The number of rotatable bonds is 3. The van der Waals surface area contributed by atoms with E-state index in [9.17, 15) is 10.1 Å². The number of nitro groups is 1. The fourth-order valence-electron chi connectivity index (χ4n) is 1.94. The standard InChI is InChI=1S/C9H13N5O2/c10-8-7(14(15)16)9(12-5-11-8)13-6-3-1-2-4-6/h5-6H,1-4H2,(H3,10,11,12,13). The molecule has 7 heteroatoms. The summed E-state index contributed by atoms with van der Waals surface area (Å²) in [6.07, 6.45) is 5.56. The minimum Gasteiger partial charge on any atom is -0.378 e. The van der Waals surface area contributed by atoms with Crippen LogP contribution in [-0.4, -0.2) is 20.9 Å². The average molecular weight is 223 g/mol. The van der Waals surface area contributed by atoms with Crippen molar-refractivity contribution in [2.75, 3.05) is 11.1 Å². The van der Waals surface area contributed by atoms with Gasteiger partial charge in [-0.2, -0.15) is 0 Å². The highest BCUT2D eigenvalue weighted by atomic mass is 16.6. The van der Waals surface area contributed by atoms with E-state index >= 15 is 0 Å². The minimum absolute atomic E-state index is 0.0968. The van der Waals surface area contributed by atoms with Crippen molar-refractivity contribution in [3.63, 3.8) is 0 Å². The van der Waals surface area contributed by atoms with Gasteiger partial charge in [0, 0.05) is 6.04 Å². The molecule has 7 nitrogen and oxygen atoms in total. The summed E-state index contributed by atoms with van der Waals surface area (Å²) in [5, 5.41) is 13.9. The second kappa shape index (κ2) is 4.30. The summed E-state index contributed by atoms with van der Waals surface area (Å²) in [7, 11) is 0. The normalized spacial score (nSPS) is 16.2. The quantitative estimate of drug-likeness (QED) is 0.591. The summed E-state index contributed by atoms with van der Waals surface area (Å²) in [4.78, 5) is 17.8. The van der Waals surface area contributed by atoms with Crippen LogP contribution in [0.25, 0.3) is 0 Å². The SMILES string of the molecule is Nc1ncnc(NC2CCCC2)c1[N+](=O)[O-]. The maximum atomic E-state index is 10.8. The molecule has 1 aromatic heterocycles.